The fraction of sp³-hybridized carbons (Fsp3) is 0.556. The van der Waals surface area contributed by atoms with Gasteiger partial charge in [0.1, 0.15) is 0 Å². The van der Waals surface area contributed by atoms with Crippen LogP contribution in [-0.2, 0) is 4.79 Å². The lowest BCUT2D eigenvalue weighted by atomic mass is 10.1. The molecule has 1 rings (SSSR count). The standard InChI is InChI=1S/C9H14N2OS/c1-4-6(2)8-5-13-9(11-8)10-7(3)12/h5-6H,4H2,1-3H3,(H,10,11,12). The van der Waals surface area contributed by atoms with Gasteiger partial charge in [-0.1, -0.05) is 13.8 Å². The molecular weight excluding hydrogens is 184 g/mol. The van der Waals surface area contributed by atoms with Crippen molar-refractivity contribution in [3.05, 3.63) is 11.1 Å². The molecule has 4 heteroatoms. The zero-order valence-corrected chi connectivity index (χ0v) is 8.94. The predicted octanol–water partition coefficient (Wildman–Crippen LogP) is 2.62. The van der Waals surface area contributed by atoms with Gasteiger partial charge in [0.15, 0.2) is 5.13 Å². The number of carbonyl (C=O) groups is 1. The van der Waals surface area contributed by atoms with Crippen molar-refractivity contribution in [2.24, 2.45) is 0 Å². The van der Waals surface area contributed by atoms with Gasteiger partial charge in [-0.15, -0.1) is 11.3 Å². The van der Waals surface area contributed by atoms with Crippen molar-refractivity contribution in [1.82, 2.24) is 4.98 Å². The second-order valence-corrected chi connectivity index (χ2v) is 3.93. The number of thiazole rings is 1. The van der Waals surface area contributed by atoms with Crippen molar-refractivity contribution in [2.45, 2.75) is 33.1 Å². The summed E-state index contributed by atoms with van der Waals surface area (Å²) in [5, 5.41) is 5.37. The number of rotatable bonds is 3. The fourth-order valence-electron chi connectivity index (χ4n) is 0.930. The third-order valence-corrected chi connectivity index (χ3v) is 2.70. The van der Waals surface area contributed by atoms with Crippen LogP contribution >= 0.6 is 11.3 Å². The summed E-state index contributed by atoms with van der Waals surface area (Å²) in [5.41, 5.74) is 1.07. The smallest absolute Gasteiger partial charge is 0.223 e. The maximum atomic E-state index is 10.7. The van der Waals surface area contributed by atoms with Gasteiger partial charge in [-0.05, 0) is 12.3 Å². The van der Waals surface area contributed by atoms with E-state index in [-0.39, 0.29) is 5.91 Å². The lowest BCUT2D eigenvalue weighted by Crippen LogP contribution is -2.05. The van der Waals surface area contributed by atoms with Crippen LogP contribution in [0.15, 0.2) is 5.38 Å². The summed E-state index contributed by atoms with van der Waals surface area (Å²) >= 11 is 1.48. The van der Waals surface area contributed by atoms with Crippen LogP contribution in [0.25, 0.3) is 0 Å². The van der Waals surface area contributed by atoms with Crippen LogP contribution in [0.3, 0.4) is 0 Å². The number of anilines is 1. The summed E-state index contributed by atoms with van der Waals surface area (Å²) < 4.78 is 0. The quantitative estimate of drug-likeness (QED) is 0.811. The Morgan fingerprint density at radius 1 is 1.77 bits per heavy atom. The van der Waals surface area contributed by atoms with Gasteiger partial charge < -0.3 is 5.32 Å². The van der Waals surface area contributed by atoms with Crippen LogP contribution in [0.4, 0.5) is 5.13 Å². The molecule has 1 amide bonds. The molecule has 13 heavy (non-hydrogen) atoms. The fourth-order valence-corrected chi connectivity index (χ4v) is 1.81. The topological polar surface area (TPSA) is 42.0 Å². The van der Waals surface area contributed by atoms with E-state index in [9.17, 15) is 4.79 Å². The van der Waals surface area contributed by atoms with Gasteiger partial charge in [0.2, 0.25) is 5.91 Å². The first-order valence-electron chi connectivity index (χ1n) is 4.36. The highest BCUT2D eigenvalue weighted by atomic mass is 32.1. The Morgan fingerprint density at radius 3 is 3.00 bits per heavy atom. The van der Waals surface area contributed by atoms with Crippen LogP contribution < -0.4 is 5.32 Å². The highest BCUT2D eigenvalue weighted by molar-refractivity contribution is 7.13. The Hall–Kier alpha value is -0.900. The van der Waals surface area contributed by atoms with E-state index in [4.69, 9.17) is 0 Å². The van der Waals surface area contributed by atoms with Gasteiger partial charge in [0.05, 0.1) is 5.69 Å². The summed E-state index contributed by atoms with van der Waals surface area (Å²) in [7, 11) is 0. The van der Waals surface area contributed by atoms with Crippen LogP contribution in [0.1, 0.15) is 38.8 Å². The Labute approximate surface area is 82.2 Å². The minimum Gasteiger partial charge on any atom is -0.302 e. The van der Waals surface area contributed by atoms with Crippen molar-refractivity contribution in [3.63, 3.8) is 0 Å². The molecule has 0 saturated heterocycles. The molecule has 0 aliphatic rings. The van der Waals surface area contributed by atoms with Gasteiger partial charge in [-0.3, -0.25) is 4.79 Å². The number of carbonyl (C=O) groups excluding carboxylic acids is 1. The Balaban J connectivity index is 2.68. The summed E-state index contributed by atoms with van der Waals surface area (Å²) in [6.45, 7) is 5.75. The molecule has 1 unspecified atom stereocenters. The SMILES string of the molecule is CCC(C)c1csc(NC(C)=O)n1. The first-order valence-corrected chi connectivity index (χ1v) is 5.24. The molecule has 0 aliphatic carbocycles. The number of amides is 1. The molecule has 0 aromatic carbocycles. The first kappa shape index (κ1) is 10.2. The zero-order valence-electron chi connectivity index (χ0n) is 8.13. The van der Waals surface area contributed by atoms with Gasteiger partial charge >= 0.3 is 0 Å². The molecule has 1 aromatic rings. The molecule has 3 nitrogen and oxygen atoms in total. The van der Waals surface area contributed by atoms with E-state index in [0.717, 1.165) is 12.1 Å². The van der Waals surface area contributed by atoms with Crippen molar-refractivity contribution in [1.29, 1.82) is 0 Å². The minimum atomic E-state index is -0.0648. The number of nitrogens with zero attached hydrogens (tertiary/aromatic N) is 1. The Bertz CT molecular complexity index is 296. The van der Waals surface area contributed by atoms with Crippen LogP contribution in [-0.4, -0.2) is 10.9 Å². The van der Waals surface area contributed by atoms with Crippen molar-refractivity contribution < 1.29 is 4.79 Å². The normalized spacial score (nSPS) is 12.5. The van der Waals surface area contributed by atoms with Gasteiger partial charge in [-0.2, -0.15) is 0 Å². The Kier molecular flexibility index (Phi) is 3.42. The number of hydrogen-bond acceptors (Lipinski definition) is 3. The van der Waals surface area contributed by atoms with Crippen molar-refractivity contribution in [3.8, 4) is 0 Å². The van der Waals surface area contributed by atoms with Crippen LogP contribution in [0, 0.1) is 0 Å². The minimum absolute atomic E-state index is 0.0648. The number of hydrogen-bond donors (Lipinski definition) is 1. The zero-order chi connectivity index (χ0) is 9.84. The molecule has 72 valence electrons. The third-order valence-electron chi connectivity index (χ3n) is 1.92. The summed E-state index contributed by atoms with van der Waals surface area (Å²) in [6.07, 6.45) is 1.07. The molecule has 0 aliphatic heterocycles. The van der Waals surface area contributed by atoms with Crippen molar-refractivity contribution in [2.75, 3.05) is 5.32 Å². The van der Waals surface area contributed by atoms with E-state index in [1.807, 2.05) is 5.38 Å². The molecule has 0 spiro atoms. The van der Waals surface area contributed by atoms with E-state index < -0.39 is 0 Å². The van der Waals surface area contributed by atoms with Gasteiger partial charge in [0.25, 0.3) is 0 Å². The second-order valence-electron chi connectivity index (χ2n) is 3.07. The first-order chi connectivity index (χ1) is 6.13. The summed E-state index contributed by atoms with van der Waals surface area (Å²) in [4.78, 5) is 15.0. The van der Waals surface area contributed by atoms with Gasteiger partial charge in [-0.25, -0.2) is 4.98 Å². The monoisotopic (exact) mass is 198 g/mol. The van der Waals surface area contributed by atoms with E-state index >= 15 is 0 Å². The average molecular weight is 198 g/mol. The second kappa shape index (κ2) is 4.37. The molecule has 0 saturated carbocycles. The molecular formula is C9H14N2OS. The summed E-state index contributed by atoms with van der Waals surface area (Å²) in [6, 6.07) is 0. The van der Waals surface area contributed by atoms with E-state index in [2.05, 4.69) is 24.1 Å². The van der Waals surface area contributed by atoms with E-state index in [1.165, 1.54) is 18.3 Å². The molecule has 0 fully saturated rings. The lowest BCUT2D eigenvalue weighted by Gasteiger charge is -2.02. The highest BCUT2D eigenvalue weighted by Gasteiger charge is 2.08. The van der Waals surface area contributed by atoms with Crippen LogP contribution in [0.5, 0.6) is 0 Å². The van der Waals surface area contributed by atoms with E-state index in [0.29, 0.717) is 11.0 Å². The third kappa shape index (κ3) is 2.81. The largest absolute Gasteiger partial charge is 0.302 e. The molecule has 1 heterocycles. The molecule has 0 radical (unpaired) electrons. The Morgan fingerprint density at radius 2 is 2.46 bits per heavy atom. The maximum Gasteiger partial charge on any atom is 0.223 e. The highest BCUT2D eigenvalue weighted by Crippen LogP contribution is 2.23. The molecule has 0 bridgehead atoms. The molecule has 1 aromatic heterocycles. The molecule has 1 N–H and O–H groups in total. The predicted molar refractivity (Wildman–Crippen MR) is 55.1 cm³/mol. The van der Waals surface area contributed by atoms with E-state index in [1.54, 1.807) is 0 Å². The van der Waals surface area contributed by atoms with Gasteiger partial charge in [0, 0.05) is 12.3 Å². The summed E-state index contributed by atoms with van der Waals surface area (Å²) in [5.74, 6) is 0.406. The maximum absolute atomic E-state index is 10.7. The van der Waals surface area contributed by atoms with Crippen LogP contribution in [0.2, 0.25) is 0 Å². The lowest BCUT2D eigenvalue weighted by molar-refractivity contribution is -0.114. The average Bonchev–Trinajstić information content (AvgIpc) is 2.50. The van der Waals surface area contributed by atoms with Crippen molar-refractivity contribution >= 4 is 22.4 Å². The number of nitrogens with one attached hydrogen (secondary N) is 1. The molecule has 1 atom stereocenters. The number of aromatic nitrogens is 1.